The Bertz CT molecular complexity index is 124. The molecule has 0 aliphatic rings. The van der Waals surface area contributed by atoms with Gasteiger partial charge in [0.15, 0.2) is 0 Å². The molecule has 0 aromatic heterocycles. The molecular formula is C3H2ClF3O2. The summed E-state index contributed by atoms with van der Waals surface area (Å²) in [4.78, 5) is 2.43. The van der Waals surface area contributed by atoms with Crippen LogP contribution in [0.5, 0.6) is 0 Å². The van der Waals surface area contributed by atoms with Crippen molar-refractivity contribution >= 4 is 11.6 Å². The first kappa shape index (κ1) is 8.74. The van der Waals surface area contributed by atoms with E-state index in [2.05, 4.69) is 16.5 Å². The van der Waals surface area contributed by atoms with E-state index < -0.39 is 11.9 Å². The third kappa shape index (κ3) is 2.21. The van der Waals surface area contributed by atoms with E-state index in [0.29, 0.717) is 0 Å². The van der Waals surface area contributed by atoms with Crippen LogP contribution in [0.1, 0.15) is 0 Å². The van der Waals surface area contributed by atoms with Crippen LogP contribution in [0.25, 0.3) is 0 Å². The molecule has 1 N–H and O–H groups in total. The highest BCUT2D eigenvalue weighted by molar-refractivity contribution is 6.25. The monoisotopic (exact) mass is 162 g/mol. The highest BCUT2D eigenvalue weighted by atomic mass is 35.5. The maximum Gasteiger partial charge on any atom is 0.435 e. The lowest BCUT2D eigenvalue weighted by atomic mass is 10.6. The van der Waals surface area contributed by atoms with Crippen molar-refractivity contribution in [2.45, 2.75) is 6.11 Å². The standard InChI is InChI=1S/C3H2ClF3O2/c4-1-2(5)3(6,7)9-8/h1,8H/b2-1+. The molecule has 0 amide bonds. The van der Waals surface area contributed by atoms with Crippen molar-refractivity contribution in [3.63, 3.8) is 0 Å². The van der Waals surface area contributed by atoms with Crippen LogP contribution in [0.3, 0.4) is 0 Å². The molecule has 0 saturated heterocycles. The molecule has 0 bridgehead atoms. The number of rotatable bonds is 2. The predicted octanol–water partition coefficient (Wildman–Crippen LogP) is 2.12. The van der Waals surface area contributed by atoms with Gasteiger partial charge < -0.3 is 0 Å². The molecule has 54 valence electrons. The van der Waals surface area contributed by atoms with E-state index in [1.807, 2.05) is 0 Å². The Morgan fingerprint density at radius 2 is 2.11 bits per heavy atom. The fourth-order valence-corrected chi connectivity index (χ4v) is 0.234. The summed E-state index contributed by atoms with van der Waals surface area (Å²) in [5, 5.41) is 7.31. The van der Waals surface area contributed by atoms with Crippen molar-refractivity contribution in [3.8, 4) is 0 Å². The van der Waals surface area contributed by atoms with Gasteiger partial charge in [0.1, 0.15) is 0 Å². The van der Waals surface area contributed by atoms with Crippen LogP contribution in [0.2, 0.25) is 0 Å². The molecule has 0 rings (SSSR count). The van der Waals surface area contributed by atoms with E-state index in [1.165, 1.54) is 0 Å². The number of hydrogen-bond acceptors (Lipinski definition) is 2. The van der Waals surface area contributed by atoms with E-state index in [1.54, 1.807) is 0 Å². The molecule has 6 heteroatoms. The Kier molecular flexibility index (Phi) is 2.96. The summed E-state index contributed by atoms with van der Waals surface area (Å²) in [6, 6.07) is 0. The molecule has 0 fully saturated rings. The third-order valence-electron chi connectivity index (χ3n) is 0.488. The third-order valence-corrected chi connectivity index (χ3v) is 0.680. The average Bonchev–Trinajstić information content (AvgIpc) is 1.86. The van der Waals surface area contributed by atoms with E-state index in [0.717, 1.165) is 0 Å². The highest BCUT2D eigenvalue weighted by Gasteiger charge is 2.37. The van der Waals surface area contributed by atoms with Gasteiger partial charge in [-0.1, -0.05) is 11.6 Å². The Labute approximate surface area is 53.4 Å². The zero-order chi connectivity index (χ0) is 7.49. The van der Waals surface area contributed by atoms with Gasteiger partial charge in [0.25, 0.3) is 0 Å². The molecular weight excluding hydrogens is 160 g/mol. The molecule has 0 aromatic rings. The van der Waals surface area contributed by atoms with Gasteiger partial charge in [-0.25, -0.2) is 9.65 Å². The highest BCUT2D eigenvalue weighted by Crippen LogP contribution is 2.25. The Hall–Kier alpha value is -0.260. The van der Waals surface area contributed by atoms with Crippen LogP contribution in [0, 0.1) is 0 Å². The molecule has 0 saturated carbocycles. The van der Waals surface area contributed by atoms with Gasteiger partial charge in [-0.2, -0.15) is 13.7 Å². The fraction of sp³-hybridized carbons (Fsp3) is 0.333. The first-order chi connectivity index (χ1) is 4.04. The van der Waals surface area contributed by atoms with Crippen LogP contribution in [0.4, 0.5) is 13.2 Å². The van der Waals surface area contributed by atoms with Gasteiger partial charge in [0.05, 0.1) is 0 Å². The van der Waals surface area contributed by atoms with Gasteiger partial charge in [-0.3, -0.25) is 0 Å². The van der Waals surface area contributed by atoms with Crippen LogP contribution >= 0.6 is 11.6 Å². The minimum absolute atomic E-state index is 0.0315. The molecule has 0 heterocycles. The summed E-state index contributed by atoms with van der Waals surface area (Å²) < 4.78 is 34.7. The summed E-state index contributed by atoms with van der Waals surface area (Å²) in [6.45, 7) is 0. The summed E-state index contributed by atoms with van der Waals surface area (Å²) in [5.74, 6) is -2.05. The molecule has 0 unspecified atom stereocenters. The number of hydrogen-bond donors (Lipinski definition) is 1. The first-order valence-electron chi connectivity index (χ1n) is 1.71. The summed E-state index contributed by atoms with van der Waals surface area (Å²) >= 11 is 4.51. The molecule has 0 aliphatic heterocycles. The quantitative estimate of drug-likeness (QED) is 0.498. The van der Waals surface area contributed by atoms with E-state index >= 15 is 0 Å². The Morgan fingerprint density at radius 3 is 2.22 bits per heavy atom. The number of alkyl halides is 2. The average molecular weight is 162 g/mol. The minimum atomic E-state index is -4.33. The number of halogens is 4. The molecule has 0 aromatic carbocycles. The lowest BCUT2D eigenvalue weighted by Gasteiger charge is -2.06. The topological polar surface area (TPSA) is 29.5 Å². The lowest BCUT2D eigenvalue weighted by molar-refractivity contribution is -0.402. The summed E-state index contributed by atoms with van der Waals surface area (Å²) in [6.07, 6.45) is -4.33. The molecule has 0 radical (unpaired) electrons. The lowest BCUT2D eigenvalue weighted by Crippen LogP contribution is -2.19. The molecule has 0 atom stereocenters. The molecule has 2 nitrogen and oxygen atoms in total. The van der Waals surface area contributed by atoms with Gasteiger partial charge in [-0.05, 0) is 0 Å². The predicted molar refractivity (Wildman–Crippen MR) is 23.7 cm³/mol. The second-order valence-corrected chi connectivity index (χ2v) is 1.28. The largest absolute Gasteiger partial charge is 0.435 e. The first-order valence-corrected chi connectivity index (χ1v) is 2.15. The van der Waals surface area contributed by atoms with Crippen molar-refractivity contribution in [3.05, 3.63) is 11.4 Å². The van der Waals surface area contributed by atoms with Gasteiger partial charge >= 0.3 is 6.11 Å². The fourth-order valence-electron chi connectivity index (χ4n) is 0.107. The van der Waals surface area contributed by atoms with Crippen LogP contribution in [-0.2, 0) is 4.89 Å². The Balaban J connectivity index is 4.14. The Morgan fingerprint density at radius 1 is 1.67 bits per heavy atom. The second-order valence-electron chi connectivity index (χ2n) is 1.07. The van der Waals surface area contributed by atoms with Gasteiger partial charge in [0.2, 0.25) is 5.83 Å². The second kappa shape index (κ2) is 3.05. The van der Waals surface area contributed by atoms with Crippen molar-refractivity contribution in [1.82, 2.24) is 0 Å². The van der Waals surface area contributed by atoms with E-state index in [-0.39, 0.29) is 5.54 Å². The SMILES string of the molecule is OOC(F)(F)/C(F)=C\Cl. The van der Waals surface area contributed by atoms with Gasteiger partial charge in [0, 0.05) is 5.54 Å². The summed E-state index contributed by atoms with van der Waals surface area (Å²) in [7, 11) is 0. The molecule has 9 heavy (non-hydrogen) atoms. The minimum Gasteiger partial charge on any atom is -0.246 e. The zero-order valence-electron chi connectivity index (χ0n) is 3.94. The van der Waals surface area contributed by atoms with Gasteiger partial charge in [-0.15, -0.1) is 0 Å². The van der Waals surface area contributed by atoms with Crippen LogP contribution in [-0.4, -0.2) is 11.4 Å². The van der Waals surface area contributed by atoms with E-state index in [4.69, 9.17) is 5.26 Å². The van der Waals surface area contributed by atoms with E-state index in [9.17, 15) is 13.2 Å². The van der Waals surface area contributed by atoms with Crippen LogP contribution in [0.15, 0.2) is 11.4 Å². The summed E-state index contributed by atoms with van der Waals surface area (Å²) in [5.41, 5.74) is -0.0315. The van der Waals surface area contributed by atoms with Crippen LogP contribution < -0.4 is 0 Å². The van der Waals surface area contributed by atoms with Crippen molar-refractivity contribution in [2.24, 2.45) is 0 Å². The smallest absolute Gasteiger partial charge is 0.246 e. The maximum atomic E-state index is 11.6. The van der Waals surface area contributed by atoms with Crippen molar-refractivity contribution in [2.75, 3.05) is 0 Å². The molecule has 0 spiro atoms. The zero-order valence-corrected chi connectivity index (χ0v) is 4.70. The maximum absolute atomic E-state index is 11.6. The molecule has 0 aliphatic carbocycles. The normalized spacial score (nSPS) is 14.1. The van der Waals surface area contributed by atoms with Crippen molar-refractivity contribution in [1.29, 1.82) is 0 Å². The van der Waals surface area contributed by atoms with Crippen molar-refractivity contribution < 1.29 is 23.3 Å².